The van der Waals surface area contributed by atoms with Crippen LogP contribution in [-0.2, 0) is 4.79 Å². The highest BCUT2D eigenvalue weighted by atomic mass is 19.1. The van der Waals surface area contributed by atoms with E-state index in [1.54, 1.807) is 0 Å². The number of benzene rings is 1. The van der Waals surface area contributed by atoms with Crippen molar-refractivity contribution in [3.05, 3.63) is 36.2 Å². The van der Waals surface area contributed by atoms with Gasteiger partial charge >= 0.3 is 5.97 Å². The molecule has 0 saturated carbocycles. The number of carboxylic acids is 1. The molecule has 4 nitrogen and oxygen atoms in total. The first-order valence-corrected chi connectivity index (χ1v) is 4.60. The van der Waals surface area contributed by atoms with Crippen LogP contribution in [0.5, 0.6) is 5.75 Å². The summed E-state index contributed by atoms with van der Waals surface area (Å²) in [6.07, 6.45) is 2.44. The van der Waals surface area contributed by atoms with Crippen molar-refractivity contribution < 1.29 is 19.0 Å². The maximum atomic E-state index is 12.9. The Bertz CT molecular complexity index is 404. The number of hydrogen-bond donors (Lipinski definition) is 2. The lowest BCUT2D eigenvalue weighted by molar-refractivity contribution is -0.131. The minimum absolute atomic E-state index is 0.284. The quantitative estimate of drug-likeness (QED) is 0.751. The van der Waals surface area contributed by atoms with Crippen LogP contribution in [0.25, 0.3) is 0 Å². The molecule has 0 aliphatic heterocycles. The summed E-state index contributed by atoms with van der Waals surface area (Å²) in [5, 5.41) is 11.2. The van der Waals surface area contributed by atoms with Gasteiger partial charge in [0.15, 0.2) is 0 Å². The SMILES string of the molecule is COc1ccc(F)cc1NC/C=C/C(=O)O. The van der Waals surface area contributed by atoms with Gasteiger partial charge in [0.1, 0.15) is 11.6 Å². The van der Waals surface area contributed by atoms with Gasteiger partial charge in [-0.1, -0.05) is 6.08 Å². The summed E-state index contributed by atoms with van der Waals surface area (Å²) >= 11 is 0. The summed E-state index contributed by atoms with van der Waals surface area (Å²) < 4.78 is 17.9. The van der Waals surface area contributed by atoms with Gasteiger partial charge in [0.25, 0.3) is 0 Å². The Balaban J connectivity index is 2.65. The van der Waals surface area contributed by atoms with E-state index in [1.807, 2.05) is 0 Å². The van der Waals surface area contributed by atoms with Crippen molar-refractivity contribution in [2.75, 3.05) is 19.0 Å². The van der Waals surface area contributed by atoms with E-state index >= 15 is 0 Å². The van der Waals surface area contributed by atoms with Crippen LogP contribution in [0.3, 0.4) is 0 Å². The second-order valence-corrected chi connectivity index (χ2v) is 2.97. The van der Waals surface area contributed by atoms with Gasteiger partial charge in [-0.3, -0.25) is 0 Å². The second kappa shape index (κ2) is 5.75. The average molecular weight is 225 g/mol. The molecule has 0 fully saturated rings. The molecule has 0 atom stereocenters. The lowest BCUT2D eigenvalue weighted by Crippen LogP contribution is -2.02. The van der Waals surface area contributed by atoms with Crippen molar-refractivity contribution in [1.29, 1.82) is 0 Å². The van der Waals surface area contributed by atoms with Crippen LogP contribution in [-0.4, -0.2) is 24.7 Å². The molecule has 0 radical (unpaired) electrons. The van der Waals surface area contributed by atoms with Crippen molar-refractivity contribution in [3.8, 4) is 5.75 Å². The third kappa shape index (κ3) is 3.61. The number of ether oxygens (including phenoxy) is 1. The van der Waals surface area contributed by atoms with Crippen LogP contribution in [0.4, 0.5) is 10.1 Å². The number of aliphatic carboxylic acids is 1. The number of anilines is 1. The van der Waals surface area contributed by atoms with Crippen molar-refractivity contribution in [3.63, 3.8) is 0 Å². The lowest BCUT2D eigenvalue weighted by Gasteiger charge is -2.09. The third-order valence-corrected chi connectivity index (χ3v) is 1.83. The minimum Gasteiger partial charge on any atom is -0.495 e. The topological polar surface area (TPSA) is 58.6 Å². The molecule has 0 unspecified atom stereocenters. The Labute approximate surface area is 92.4 Å². The van der Waals surface area contributed by atoms with E-state index in [4.69, 9.17) is 9.84 Å². The van der Waals surface area contributed by atoms with Crippen molar-refractivity contribution in [1.82, 2.24) is 0 Å². The lowest BCUT2D eigenvalue weighted by atomic mass is 10.3. The number of nitrogens with one attached hydrogen (secondary N) is 1. The first kappa shape index (κ1) is 12.0. The zero-order valence-corrected chi connectivity index (χ0v) is 8.74. The van der Waals surface area contributed by atoms with E-state index in [0.717, 1.165) is 6.08 Å². The van der Waals surface area contributed by atoms with Gasteiger partial charge in [-0.25, -0.2) is 9.18 Å². The van der Waals surface area contributed by atoms with E-state index in [0.29, 0.717) is 11.4 Å². The number of methoxy groups -OCH3 is 1. The van der Waals surface area contributed by atoms with Crippen molar-refractivity contribution in [2.45, 2.75) is 0 Å². The Morgan fingerprint density at radius 1 is 1.62 bits per heavy atom. The average Bonchev–Trinajstić information content (AvgIpc) is 2.24. The predicted molar refractivity (Wildman–Crippen MR) is 58.2 cm³/mol. The normalized spacial score (nSPS) is 10.4. The molecule has 0 aromatic heterocycles. The third-order valence-electron chi connectivity index (χ3n) is 1.83. The molecule has 1 aromatic rings. The highest BCUT2D eigenvalue weighted by Crippen LogP contribution is 2.24. The highest BCUT2D eigenvalue weighted by molar-refractivity contribution is 5.79. The fourth-order valence-electron chi connectivity index (χ4n) is 1.15. The van der Waals surface area contributed by atoms with Crippen LogP contribution >= 0.6 is 0 Å². The Hall–Kier alpha value is -2.04. The van der Waals surface area contributed by atoms with E-state index in [-0.39, 0.29) is 12.4 Å². The standard InChI is InChI=1S/C11H12FNO3/c1-16-10-5-4-8(12)7-9(10)13-6-2-3-11(14)15/h2-5,7,13H,6H2,1H3,(H,14,15)/b3-2+. The molecule has 1 aromatic carbocycles. The number of carbonyl (C=O) groups is 1. The van der Waals surface area contributed by atoms with Crippen molar-refractivity contribution in [2.24, 2.45) is 0 Å². The van der Waals surface area contributed by atoms with E-state index in [9.17, 15) is 9.18 Å². The maximum Gasteiger partial charge on any atom is 0.328 e. The zero-order chi connectivity index (χ0) is 12.0. The smallest absolute Gasteiger partial charge is 0.328 e. The Kier molecular flexibility index (Phi) is 4.32. The largest absolute Gasteiger partial charge is 0.495 e. The van der Waals surface area contributed by atoms with Crippen LogP contribution in [0.2, 0.25) is 0 Å². The molecule has 0 aliphatic carbocycles. The molecule has 0 aliphatic rings. The molecular weight excluding hydrogens is 213 g/mol. The molecule has 5 heteroatoms. The molecule has 1 rings (SSSR count). The number of hydrogen-bond acceptors (Lipinski definition) is 3. The van der Waals surface area contributed by atoms with E-state index < -0.39 is 5.97 Å². The number of carboxylic acid groups (broad SMARTS) is 1. The summed E-state index contributed by atoms with van der Waals surface area (Å²) in [6, 6.07) is 4.07. The first-order chi connectivity index (χ1) is 7.63. The number of rotatable bonds is 5. The van der Waals surface area contributed by atoms with Crippen LogP contribution < -0.4 is 10.1 Å². The molecular formula is C11H12FNO3. The maximum absolute atomic E-state index is 12.9. The van der Waals surface area contributed by atoms with Gasteiger partial charge in [-0.05, 0) is 12.1 Å². The Morgan fingerprint density at radius 3 is 3.00 bits per heavy atom. The first-order valence-electron chi connectivity index (χ1n) is 4.60. The fraction of sp³-hybridized carbons (Fsp3) is 0.182. The van der Waals surface area contributed by atoms with Gasteiger partial charge in [-0.15, -0.1) is 0 Å². The van der Waals surface area contributed by atoms with E-state index in [1.165, 1.54) is 31.4 Å². The van der Waals surface area contributed by atoms with Gasteiger partial charge in [0, 0.05) is 18.7 Å². The van der Waals surface area contributed by atoms with Crippen molar-refractivity contribution >= 4 is 11.7 Å². The molecule has 86 valence electrons. The summed E-state index contributed by atoms with van der Waals surface area (Å²) in [6.45, 7) is 0.284. The minimum atomic E-state index is -1.02. The summed E-state index contributed by atoms with van der Waals surface area (Å²) in [5.41, 5.74) is 0.484. The summed E-state index contributed by atoms with van der Waals surface area (Å²) in [4.78, 5) is 10.2. The summed E-state index contributed by atoms with van der Waals surface area (Å²) in [5.74, 6) is -0.899. The summed E-state index contributed by atoms with van der Waals surface area (Å²) in [7, 11) is 1.48. The monoisotopic (exact) mass is 225 g/mol. The molecule has 2 N–H and O–H groups in total. The second-order valence-electron chi connectivity index (χ2n) is 2.97. The van der Waals surface area contributed by atoms with Gasteiger partial charge < -0.3 is 15.2 Å². The molecule has 16 heavy (non-hydrogen) atoms. The number of halogens is 1. The van der Waals surface area contributed by atoms with Gasteiger partial charge in [-0.2, -0.15) is 0 Å². The van der Waals surface area contributed by atoms with E-state index in [2.05, 4.69) is 5.32 Å². The predicted octanol–water partition coefficient (Wildman–Crippen LogP) is 1.89. The molecule has 0 heterocycles. The molecule has 0 saturated heterocycles. The highest BCUT2D eigenvalue weighted by Gasteiger charge is 2.02. The van der Waals surface area contributed by atoms with Gasteiger partial charge in [0.2, 0.25) is 0 Å². The van der Waals surface area contributed by atoms with Crippen LogP contribution in [0, 0.1) is 5.82 Å². The molecule has 0 spiro atoms. The molecule has 0 bridgehead atoms. The molecule has 0 amide bonds. The Morgan fingerprint density at radius 2 is 2.38 bits per heavy atom. The van der Waals surface area contributed by atoms with Gasteiger partial charge in [0.05, 0.1) is 12.8 Å². The fourth-order valence-corrected chi connectivity index (χ4v) is 1.15. The van der Waals surface area contributed by atoms with Crippen LogP contribution in [0.1, 0.15) is 0 Å². The van der Waals surface area contributed by atoms with Crippen LogP contribution in [0.15, 0.2) is 30.4 Å². The zero-order valence-electron chi connectivity index (χ0n) is 8.74.